The van der Waals surface area contributed by atoms with E-state index in [0.29, 0.717) is 18.4 Å². The number of para-hydroxylation sites is 2. The van der Waals surface area contributed by atoms with Gasteiger partial charge in [-0.05, 0) is 123 Å². The van der Waals surface area contributed by atoms with Crippen molar-refractivity contribution < 1.29 is 13.9 Å². The molecule has 69 heavy (non-hydrogen) atoms. The van der Waals surface area contributed by atoms with Gasteiger partial charge < -0.3 is 13.7 Å². The van der Waals surface area contributed by atoms with Crippen LogP contribution in [0.4, 0.5) is 0 Å². The van der Waals surface area contributed by atoms with Crippen molar-refractivity contribution in [3.05, 3.63) is 132 Å². The predicted octanol–water partition coefficient (Wildman–Crippen LogP) is 18.5. The molecule has 6 nitrogen and oxygen atoms in total. The smallest absolute Gasteiger partial charge is 0.311 e. The number of benzene rings is 5. The third kappa shape index (κ3) is 14.1. The molecule has 0 bridgehead atoms. The van der Waals surface area contributed by atoms with Gasteiger partial charge in [-0.15, -0.1) is 10.2 Å². The minimum Gasteiger partial charge on any atom is -0.465 e. The Hall–Kier alpha value is -5.49. The molecule has 366 valence electrons. The largest absolute Gasteiger partial charge is 0.465 e. The topological polar surface area (TPSA) is 70.2 Å². The third-order valence-electron chi connectivity index (χ3n) is 14.9. The van der Waals surface area contributed by atoms with Crippen molar-refractivity contribution in [2.24, 2.45) is 5.41 Å². The van der Waals surface area contributed by atoms with Gasteiger partial charge in [-0.2, -0.15) is 0 Å². The van der Waals surface area contributed by atoms with Gasteiger partial charge in [0.1, 0.15) is 0 Å². The average molecular weight is 928 g/mol. The highest BCUT2D eigenvalue weighted by Gasteiger charge is 2.38. The second-order valence-corrected chi connectivity index (χ2v) is 20.3. The number of carbonyl (C=O) groups is 1. The van der Waals surface area contributed by atoms with Gasteiger partial charge in [0.2, 0.25) is 11.8 Å². The van der Waals surface area contributed by atoms with Crippen molar-refractivity contribution in [2.45, 2.75) is 181 Å². The molecule has 0 radical (unpaired) electrons. The van der Waals surface area contributed by atoms with Crippen LogP contribution in [-0.2, 0) is 16.0 Å². The number of unbranched alkanes of at least 4 members (excludes halogenated alkanes) is 14. The first kappa shape index (κ1) is 51.4. The Labute approximate surface area is 414 Å². The van der Waals surface area contributed by atoms with Crippen molar-refractivity contribution in [2.75, 3.05) is 6.61 Å². The molecule has 0 N–H and O–H groups in total. The summed E-state index contributed by atoms with van der Waals surface area (Å²) in [5, 5.41) is 11.4. The monoisotopic (exact) mass is 928 g/mol. The minimum atomic E-state index is -0.633. The zero-order chi connectivity index (χ0) is 48.3. The summed E-state index contributed by atoms with van der Waals surface area (Å²) >= 11 is 0. The summed E-state index contributed by atoms with van der Waals surface area (Å²) in [5.41, 5.74) is 8.58. The van der Waals surface area contributed by atoms with Crippen LogP contribution in [0.3, 0.4) is 0 Å². The number of aryl methyl sites for hydroxylation is 1. The van der Waals surface area contributed by atoms with E-state index in [1.54, 1.807) is 0 Å². The number of carbonyl (C=O) groups excluding carboxylic acids is 1. The minimum absolute atomic E-state index is 0.0481. The lowest BCUT2D eigenvalue weighted by atomic mass is 9.74. The summed E-state index contributed by atoms with van der Waals surface area (Å²) in [6.45, 7) is 11.8. The van der Waals surface area contributed by atoms with E-state index in [1.807, 2.05) is 0 Å². The normalized spacial score (nSPS) is 13.5. The molecule has 0 aliphatic rings. The SMILES string of the molecule is CCCCCCCCCCCCOC(=O)C(C)(CCC(C)n1c2ccccc2c2ccccc21)CC(CC)c1ccc(-c2ccc(-c3nnc(-c4ccc(CCCCCCCC)cc4)o3)cc2)cc1. The van der Waals surface area contributed by atoms with Gasteiger partial charge in [-0.1, -0.05) is 196 Å². The van der Waals surface area contributed by atoms with Crippen molar-refractivity contribution in [1.82, 2.24) is 14.8 Å². The molecule has 0 spiro atoms. The highest BCUT2D eigenvalue weighted by atomic mass is 16.5. The van der Waals surface area contributed by atoms with Gasteiger partial charge in [-0.3, -0.25) is 4.79 Å². The molecule has 6 heteroatoms. The summed E-state index contributed by atoms with van der Waals surface area (Å²) in [6, 6.07) is 43.6. The quantitative estimate of drug-likeness (QED) is 0.0332. The molecule has 3 atom stereocenters. The standard InChI is InChI=1S/C63H81N3O3/c1-6-9-11-13-15-16-17-18-20-26-46-68-62(67)63(5,45-44-48(4)66-58-30-24-22-28-56(58)57-29-23-25-31-59(57)66)47-50(8-3)51-36-38-52(39-37-51)53-40-42-55(43-41-53)61-65-64-60(69-61)54-34-32-49(33-35-54)27-21-19-14-12-10-7-2/h22-25,28-43,48,50H,6-21,26-27,44-47H2,1-5H3. The first-order chi connectivity index (χ1) is 33.8. The van der Waals surface area contributed by atoms with Crippen molar-refractivity contribution in [1.29, 1.82) is 0 Å². The summed E-state index contributed by atoms with van der Waals surface area (Å²) in [7, 11) is 0. The number of hydrogen-bond acceptors (Lipinski definition) is 5. The van der Waals surface area contributed by atoms with E-state index >= 15 is 0 Å². The Kier molecular flexibility index (Phi) is 19.7. The number of nitrogens with zero attached hydrogens (tertiary/aromatic N) is 3. The molecule has 5 aromatic carbocycles. The van der Waals surface area contributed by atoms with Gasteiger partial charge in [0.25, 0.3) is 0 Å². The highest BCUT2D eigenvalue weighted by Crippen LogP contribution is 2.42. The van der Waals surface area contributed by atoms with E-state index in [9.17, 15) is 4.79 Å². The number of esters is 1. The molecule has 7 aromatic rings. The summed E-state index contributed by atoms with van der Waals surface area (Å²) in [4.78, 5) is 14.4. The molecule has 0 amide bonds. The molecule has 0 fully saturated rings. The van der Waals surface area contributed by atoms with Gasteiger partial charge in [0.15, 0.2) is 0 Å². The second kappa shape index (κ2) is 26.5. The van der Waals surface area contributed by atoms with Gasteiger partial charge in [0.05, 0.1) is 12.0 Å². The van der Waals surface area contributed by atoms with E-state index < -0.39 is 5.41 Å². The average Bonchev–Trinajstić information content (AvgIpc) is 4.02. The Morgan fingerprint density at radius 2 is 1.04 bits per heavy atom. The lowest BCUT2D eigenvalue weighted by Gasteiger charge is -2.33. The molecular weight excluding hydrogens is 847 g/mol. The Bertz CT molecular complexity index is 2530. The molecule has 0 saturated carbocycles. The molecule has 0 aliphatic carbocycles. The number of ether oxygens (including phenoxy) is 1. The lowest BCUT2D eigenvalue weighted by Crippen LogP contribution is -2.33. The van der Waals surface area contributed by atoms with Crippen molar-refractivity contribution in [3.63, 3.8) is 0 Å². The first-order valence-corrected chi connectivity index (χ1v) is 27.1. The Balaban J connectivity index is 0.984. The lowest BCUT2D eigenvalue weighted by molar-refractivity contribution is -0.156. The van der Waals surface area contributed by atoms with Crippen LogP contribution >= 0.6 is 0 Å². The molecule has 7 rings (SSSR count). The number of hydrogen-bond donors (Lipinski definition) is 0. The molecule has 2 aromatic heterocycles. The van der Waals surface area contributed by atoms with Gasteiger partial charge >= 0.3 is 5.97 Å². The third-order valence-corrected chi connectivity index (χ3v) is 14.9. The van der Waals surface area contributed by atoms with E-state index in [1.165, 1.54) is 123 Å². The van der Waals surface area contributed by atoms with Crippen molar-refractivity contribution >= 4 is 27.8 Å². The molecule has 0 aliphatic heterocycles. The fourth-order valence-electron chi connectivity index (χ4n) is 10.5. The molecule has 2 heterocycles. The van der Waals surface area contributed by atoms with Crippen LogP contribution in [0.15, 0.2) is 126 Å². The Morgan fingerprint density at radius 1 is 0.580 bits per heavy atom. The molecular formula is C63H81N3O3. The van der Waals surface area contributed by atoms with E-state index in [2.05, 4.69) is 171 Å². The number of rotatable bonds is 30. The van der Waals surface area contributed by atoms with Crippen LogP contribution < -0.4 is 0 Å². The van der Waals surface area contributed by atoms with Crippen LogP contribution in [0.1, 0.15) is 186 Å². The van der Waals surface area contributed by atoms with Crippen LogP contribution in [-0.4, -0.2) is 27.3 Å². The fraction of sp³-hybridized carbons (Fsp3) is 0.476. The van der Waals surface area contributed by atoms with Gasteiger partial charge in [0, 0.05) is 39.0 Å². The van der Waals surface area contributed by atoms with Crippen LogP contribution in [0, 0.1) is 5.41 Å². The predicted molar refractivity (Wildman–Crippen MR) is 290 cm³/mol. The van der Waals surface area contributed by atoms with Crippen molar-refractivity contribution in [3.8, 4) is 34.0 Å². The first-order valence-electron chi connectivity index (χ1n) is 27.1. The zero-order valence-corrected chi connectivity index (χ0v) is 42.8. The maximum atomic E-state index is 14.4. The number of fused-ring (bicyclic) bond motifs is 3. The molecule has 3 unspecified atom stereocenters. The summed E-state index contributed by atoms with van der Waals surface area (Å²) in [5.74, 6) is 1.22. The zero-order valence-electron chi connectivity index (χ0n) is 42.8. The second-order valence-electron chi connectivity index (χ2n) is 20.3. The van der Waals surface area contributed by atoms with Gasteiger partial charge in [-0.25, -0.2) is 0 Å². The van der Waals surface area contributed by atoms with E-state index in [4.69, 9.17) is 9.15 Å². The van der Waals surface area contributed by atoms with E-state index in [0.717, 1.165) is 67.2 Å². The Morgan fingerprint density at radius 3 is 1.58 bits per heavy atom. The molecule has 0 saturated heterocycles. The van der Waals surface area contributed by atoms with Crippen LogP contribution in [0.2, 0.25) is 0 Å². The summed E-state index contributed by atoms with van der Waals surface area (Å²) in [6.07, 6.45) is 24.8. The highest BCUT2D eigenvalue weighted by molar-refractivity contribution is 6.08. The van der Waals surface area contributed by atoms with E-state index in [-0.39, 0.29) is 17.9 Å². The number of aromatic nitrogens is 3. The van der Waals surface area contributed by atoms with Crippen LogP contribution in [0.25, 0.3) is 55.8 Å². The summed E-state index contributed by atoms with van der Waals surface area (Å²) < 4.78 is 14.9. The maximum absolute atomic E-state index is 14.4. The van der Waals surface area contributed by atoms with Crippen LogP contribution in [0.5, 0.6) is 0 Å². The maximum Gasteiger partial charge on any atom is 0.311 e. The fourth-order valence-corrected chi connectivity index (χ4v) is 10.5.